The van der Waals surface area contributed by atoms with Gasteiger partial charge in [-0.1, -0.05) is 18.2 Å². The van der Waals surface area contributed by atoms with Crippen LogP contribution < -0.4 is 14.8 Å². The molecule has 0 bridgehead atoms. The number of thiophene rings is 1. The van der Waals surface area contributed by atoms with Gasteiger partial charge in [0.2, 0.25) is 0 Å². The van der Waals surface area contributed by atoms with Crippen LogP contribution in [-0.2, 0) is 17.8 Å². The number of hydrogen-bond donors (Lipinski definition) is 1. The normalized spacial score (nSPS) is 14.2. The zero-order chi connectivity index (χ0) is 19.6. The SMILES string of the molecule is CC1(C)Cc2cccc(OCC(=O)NCc3ccnc(-c4cccs4)c3)c2O1. The molecule has 1 aromatic carbocycles. The van der Waals surface area contributed by atoms with Gasteiger partial charge < -0.3 is 14.8 Å². The number of benzene rings is 1. The summed E-state index contributed by atoms with van der Waals surface area (Å²) < 4.78 is 11.7. The maximum atomic E-state index is 12.2. The quantitative estimate of drug-likeness (QED) is 0.680. The van der Waals surface area contributed by atoms with Crippen LogP contribution in [0.2, 0.25) is 0 Å². The number of nitrogens with one attached hydrogen (secondary N) is 1. The Bertz CT molecular complexity index is 983. The third-order valence-electron chi connectivity index (χ3n) is 4.50. The molecule has 0 aliphatic carbocycles. The molecule has 1 aliphatic rings. The maximum Gasteiger partial charge on any atom is 0.258 e. The largest absolute Gasteiger partial charge is 0.483 e. The minimum Gasteiger partial charge on any atom is -0.483 e. The smallest absolute Gasteiger partial charge is 0.258 e. The Morgan fingerprint density at radius 1 is 1.29 bits per heavy atom. The summed E-state index contributed by atoms with van der Waals surface area (Å²) in [5.41, 5.74) is 2.78. The average molecular weight is 394 g/mol. The number of para-hydroxylation sites is 1. The second kappa shape index (κ2) is 7.64. The Morgan fingerprint density at radius 2 is 2.18 bits per heavy atom. The molecule has 3 heterocycles. The van der Waals surface area contributed by atoms with Crippen molar-refractivity contribution in [3.05, 3.63) is 65.2 Å². The molecule has 0 spiro atoms. The molecule has 0 unspecified atom stereocenters. The first-order valence-corrected chi connectivity index (χ1v) is 10.1. The summed E-state index contributed by atoms with van der Waals surface area (Å²) in [6, 6.07) is 13.7. The molecule has 1 aliphatic heterocycles. The maximum absolute atomic E-state index is 12.2. The molecule has 0 saturated heterocycles. The first-order chi connectivity index (χ1) is 13.5. The Kier molecular flexibility index (Phi) is 5.05. The van der Waals surface area contributed by atoms with E-state index in [4.69, 9.17) is 9.47 Å². The average Bonchev–Trinajstić information content (AvgIpc) is 3.31. The highest BCUT2D eigenvalue weighted by Crippen LogP contribution is 2.41. The fourth-order valence-corrected chi connectivity index (χ4v) is 3.93. The lowest BCUT2D eigenvalue weighted by atomic mass is 10.0. The monoisotopic (exact) mass is 394 g/mol. The summed E-state index contributed by atoms with van der Waals surface area (Å²) in [4.78, 5) is 17.7. The van der Waals surface area contributed by atoms with E-state index in [1.807, 2.05) is 61.7 Å². The standard InChI is InChI=1S/C22H22N2O3S/c1-22(2)12-16-5-3-6-18(21(16)27-22)26-14-20(25)24-13-15-8-9-23-17(11-15)19-7-4-10-28-19/h3-11H,12-14H2,1-2H3,(H,24,25). The molecular weight excluding hydrogens is 372 g/mol. The van der Waals surface area contributed by atoms with E-state index in [0.29, 0.717) is 12.3 Å². The molecule has 1 N–H and O–H groups in total. The Balaban J connectivity index is 1.33. The molecule has 4 rings (SSSR count). The van der Waals surface area contributed by atoms with Gasteiger partial charge in [-0.3, -0.25) is 9.78 Å². The molecule has 144 valence electrons. The van der Waals surface area contributed by atoms with Crippen LogP contribution in [0, 0.1) is 0 Å². The number of carbonyl (C=O) groups is 1. The van der Waals surface area contributed by atoms with E-state index in [0.717, 1.165) is 33.9 Å². The van der Waals surface area contributed by atoms with Crippen LogP contribution in [0.25, 0.3) is 10.6 Å². The van der Waals surface area contributed by atoms with Crippen LogP contribution in [0.1, 0.15) is 25.0 Å². The van der Waals surface area contributed by atoms with Gasteiger partial charge >= 0.3 is 0 Å². The molecule has 6 heteroatoms. The van der Waals surface area contributed by atoms with E-state index in [1.165, 1.54) is 0 Å². The Labute approximate surface area is 168 Å². The second-order valence-corrected chi connectivity index (χ2v) is 8.32. The van der Waals surface area contributed by atoms with Crippen molar-refractivity contribution in [2.24, 2.45) is 0 Å². The van der Waals surface area contributed by atoms with E-state index < -0.39 is 0 Å². The van der Waals surface area contributed by atoms with Crippen molar-refractivity contribution in [1.29, 1.82) is 0 Å². The van der Waals surface area contributed by atoms with Gasteiger partial charge in [-0.15, -0.1) is 11.3 Å². The highest BCUT2D eigenvalue weighted by Gasteiger charge is 2.32. The lowest BCUT2D eigenvalue weighted by Crippen LogP contribution is -2.28. The highest BCUT2D eigenvalue weighted by atomic mass is 32.1. The molecule has 2 aromatic heterocycles. The molecule has 0 saturated carbocycles. The second-order valence-electron chi connectivity index (χ2n) is 7.37. The molecule has 5 nitrogen and oxygen atoms in total. The van der Waals surface area contributed by atoms with Gasteiger partial charge in [0.05, 0.1) is 10.6 Å². The van der Waals surface area contributed by atoms with Gasteiger partial charge in [0.15, 0.2) is 18.1 Å². The number of ether oxygens (including phenoxy) is 2. The lowest BCUT2D eigenvalue weighted by Gasteiger charge is -2.18. The molecule has 28 heavy (non-hydrogen) atoms. The predicted molar refractivity (Wildman–Crippen MR) is 110 cm³/mol. The summed E-state index contributed by atoms with van der Waals surface area (Å²) in [6.45, 7) is 4.47. The molecule has 0 atom stereocenters. The van der Waals surface area contributed by atoms with Crippen molar-refractivity contribution < 1.29 is 14.3 Å². The van der Waals surface area contributed by atoms with Crippen LogP contribution in [0.5, 0.6) is 11.5 Å². The highest BCUT2D eigenvalue weighted by molar-refractivity contribution is 7.13. The number of aromatic nitrogens is 1. The number of carbonyl (C=O) groups excluding carboxylic acids is 1. The van der Waals surface area contributed by atoms with Crippen LogP contribution in [0.4, 0.5) is 0 Å². The van der Waals surface area contributed by atoms with E-state index in [-0.39, 0.29) is 18.1 Å². The van der Waals surface area contributed by atoms with Crippen molar-refractivity contribution in [1.82, 2.24) is 10.3 Å². The Hall–Kier alpha value is -2.86. The summed E-state index contributed by atoms with van der Waals surface area (Å²) in [6.07, 6.45) is 2.60. The topological polar surface area (TPSA) is 60.5 Å². The fraction of sp³-hybridized carbons (Fsp3) is 0.273. The molecule has 3 aromatic rings. The summed E-state index contributed by atoms with van der Waals surface area (Å²) >= 11 is 1.64. The van der Waals surface area contributed by atoms with Crippen molar-refractivity contribution in [2.45, 2.75) is 32.4 Å². The molecule has 0 fully saturated rings. The fourth-order valence-electron chi connectivity index (χ4n) is 3.24. The zero-order valence-corrected chi connectivity index (χ0v) is 16.7. The van der Waals surface area contributed by atoms with Gasteiger partial charge in [0.1, 0.15) is 5.60 Å². The number of rotatable bonds is 6. The predicted octanol–water partition coefficient (Wildman–Crippen LogP) is 4.22. The number of hydrogen-bond acceptors (Lipinski definition) is 5. The lowest BCUT2D eigenvalue weighted by molar-refractivity contribution is -0.123. The minimum atomic E-state index is -0.244. The number of pyridine rings is 1. The van der Waals surface area contributed by atoms with Gasteiger partial charge in [-0.2, -0.15) is 0 Å². The number of nitrogens with zero attached hydrogens (tertiary/aromatic N) is 1. The van der Waals surface area contributed by atoms with Crippen molar-refractivity contribution in [3.63, 3.8) is 0 Å². The summed E-state index contributed by atoms with van der Waals surface area (Å²) in [5.74, 6) is 1.18. The zero-order valence-electron chi connectivity index (χ0n) is 15.9. The van der Waals surface area contributed by atoms with Gasteiger partial charge in [0, 0.05) is 24.7 Å². The van der Waals surface area contributed by atoms with E-state index in [2.05, 4.69) is 10.3 Å². The Morgan fingerprint density at radius 3 is 3.00 bits per heavy atom. The molecule has 0 radical (unpaired) electrons. The van der Waals surface area contributed by atoms with Crippen LogP contribution in [0.3, 0.4) is 0 Å². The van der Waals surface area contributed by atoms with Gasteiger partial charge in [-0.05, 0) is 49.1 Å². The summed E-state index contributed by atoms with van der Waals surface area (Å²) in [5, 5.41) is 4.92. The van der Waals surface area contributed by atoms with Crippen molar-refractivity contribution in [2.75, 3.05) is 6.61 Å². The van der Waals surface area contributed by atoms with Crippen LogP contribution in [-0.4, -0.2) is 23.1 Å². The van der Waals surface area contributed by atoms with Crippen LogP contribution >= 0.6 is 11.3 Å². The van der Waals surface area contributed by atoms with Crippen molar-refractivity contribution in [3.8, 4) is 22.1 Å². The number of fused-ring (bicyclic) bond motifs is 1. The first kappa shape index (κ1) is 18.5. The van der Waals surface area contributed by atoms with Gasteiger partial charge in [0.25, 0.3) is 5.91 Å². The molecule has 1 amide bonds. The van der Waals surface area contributed by atoms with E-state index >= 15 is 0 Å². The molecular formula is C22H22N2O3S. The van der Waals surface area contributed by atoms with Crippen LogP contribution in [0.15, 0.2) is 54.0 Å². The van der Waals surface area contributed by atoms with Crippen molar-refractivity contribution >= 4 is 17.2 Å². The van der Waals surface area contributed by atoms with E-state index in [9.17, 15) is 4.79 Å². The van der Waals surface area contributed by atoms with E-state index in [1.54, 1.807) is 17.5 Å². The first-order valence-electron chi connectivity index (χ1n) is 9.19. The third-order valence-corrected chi connectivity index (χ3v) is 5.39. The number of amides is 1. The third kappa shape index (κ3) is 4.17. The summed E-state index contributed by atoms with van der Waals surface area (Å²) in [7, 11) is 0. The van der Waals surface area contributed by atoms with Gasteiger partial charge in [-0.25, -0.2) is 0 Å². The minimum absolute atomic E-state index is 0.0525.